The molecule has 8 nitrogen and oxygen atoms in total. The Kier molecular flexibility index (Phi) is 13.2. The lowest BCUT2D eigenvalue weighted by Gasteiger charge is -2.12. The summed E-state index contributed by atoms with van der Waals surface area (Å²) in [5, 5.41) is 44.5. The number of aliphatic imine (C=N–C) groups is 4. The van der Waals surface area contributed by atoms with E-state index in [2.05, 4.69) is 33.1 Å². The van der Waals surface area contributed by atoms with E-state index in [1.54, 1.807) is 24.9 Å². The maximum Gasteiger partial charge on any atom is 0.127 e. The van der Waals surface area contributed by atoms with Crippen molar-refractivity contribution in [1.82, 2.24) is 0 Å². The van der Waals surface area contributed by atoms with Crippen molar-refractivity contribution in [1.29, 1.82) is 0 Å². The Labute approximate surface area is 351 Å². The zero-order valence-corrected chi connectivity index (χ0v) is 33.5. The molecule has 60 heavy (non-hydrogen) atoms. The number of phenols is 4. The number of hydrogen-bond donors (Lipinski definition) is 4. The van der Waals surface area contributed by atoms with Crippen LogP contribution in [0.2, 0.25) is 0 Å². The molecule has 0 saturated carbocycles. The van der Waals surface area contributed by atoms with Gasteiger partial charge in [0.25, 0.3) is 0 Å². The van der Waals surface area contributed by atoms with E-state index in [0.717, 1.165) is 55.7 Å². The number of allylic oxidation sites excluding steroid dienone is 2. The number of aromatic hydroxyl groups is 4. The highest BCUT2D eigenvalue weighted by Crippen LogP contribution is 2.30. The van der Waals surface area contributed by atoms with Gasteiger partial charge in [-0.1, -0.05) is 121 Å². The van der Waals surface area contributed by atoms with Gasteiger partial charge in [0, 0.05) is 47.1 Å². The van der Waals surface area contributed by atoms with Crippen molar-refractivity contribution < 1.29 is 20.4 Å². The Morgan fingerprint density at radius 3 is 0.750 bits per heavy atom. The van der Waals surface area contributed by atoms with Gasteiger partial charge in [0.05, 0.1) is 26.2 Å². The summed E-state index contributed by atoms with van der Waals surface area (Å²) in [4.78, 5) is 18.4. The fourth-order valence-electron chi connectivity index (χ4n) is 7.13. The van der Waals surface area contributed by atoms with Crippen LogP contribution >= 0.6 is 0 Å². The van der Waals surface area contributed by atoms with Crippen LogP contribution in [0.3, 0.4) is 0 Å². The summed E-state index contributed by atoms with van der Waals surface area (Å²) >= 11 is 0. The number of para-hydroxylation sites is 4. The number of nitrogens with zero attached hydrogens (tertiary/aromatic N) is 4. The molecule has 0 fully saturated rings. The first-order chi connectivity index (χ1) is 29.2. The van der Waals surface area contributed by atoms with Crippen molar-refractivity contribution in [2.45, 2.75) is 51.9 Å². The molecular formula is C52H48N4O4. The molecule has 12 bridgehead atoms. The van der Waals surface area contributed by atoms with E-state index in [-0.39, 0.29) is 23.0 Å². The second kappa shape index (κ2) is 19.4. The molecule has 300 valence electrons. The van der Waals surface area contributed by atoms with Crippen molar-refractivity contribution in [2.24, 2.45) is 20.0 Å². The first-order valence-electron chi connectivity index (χ1n) is 19.9. The van der Waals surface area contributed by atoms with Crippen LogP contribution in [0.1, 0.15) is 66.8 Å². The topological polar surface area (TPSA) is 130 Å². The molecule has 0 unspecified atom stereocenters. The van der Waals surface area contributed by atoms with E-state index >= 15 is 0 Å². The van der Waals surface area contributed by atoms with E-state index in [4.69, 9.17) is 0 Å². The quantitative estimate of drug-likeness (QED) is 0.114. The zero-order chi connectivity index (χ0) is 41.8. The highest BCUT2D eigenvalue weighted by molar-refractivity contribution is 5.86. The van der Waals surface area contributed by atoms with Gasteiger partial charge in [-0.25, -0.2) is 0 Å². The predicted molar refractivity (Wildman–Crippen MR) is 244 cm³/mol. The summed E-state index contributed by atoms with van der Waals surface area (Å²) in [6.45, 7) is 10.3. The van der Waals surface area contributed by atoms with Crippen LogP contribution in [0.25, 0.3) is 0 Å². The van der Waals surface area contributed by atoms with Crippen LogP contribution < -0.4 is 0 Å². The van der Waals surface area contributed by atoms with E-state index in [9.17, 15) is 20.4 Å². The van der Waals surface area contributed by atoms with Gasteiger partial charge >= 0.3 is 0 Å². The van der Waals surface area contributed by atoms with Crippen LogP contribution in [0.5, 0.6) is 23.0 Å². The minimum atomic E-state index is 0.160. The molecule has 0 aromatic heterocycles. The van der Waals surface area contributed by atoms with Gasteiger partial charge in [-0.3, -0.25) is 20.0 Å². The Morgan fingerprint density at radius 2 is 0.533 bits per heavy atom. The third kappa shape index (κ3) is 10.6. The minimum Gasteiger partial charge on any atom is -0.507 e. The fourth-order valence-corrected chi connectivity index (χ4v) is 7.13. The van der Waals surface area contributed by atoms with Crippen LogP contribution in [0.15, 0.2) is 166 Å². The smallest absolute Gasteiger partial charge is 0.127 e. The Hall–Kier alpha value is -7.32. The van der Waals surface area contributed by atoms with Gasteiger partial charge < -0.3 is 20.4 Å². The SMILES string of the molecule is C=C1Cc2cccc(c2O)C=NCc2ccc(cc2)CN=Cc2cccc(c2O)CC(=C)Cc2cccc(c2O)C=NCc2ccc(cc2)CN=Cc2cccc(c2O)C1. The second-order valence-corrected chi connectivity index (χ2v) is 15.1. The minimum absolute atomic E-state index is 0.160. The predicted octanol–water partition coefficient (Wildman–Crippen LogP) is 9.98. The summed E-state index contributed by atoms with van der Waals surface area (Å²) in [6, 6.07) is 38.5. The van der Waals surface area contributed by atoms with Crippen molar-refractivity contribution in [3.63, 3.8) is 0 Å². The van der Waals surface area contributed by atoms with Gasteiger partial charge in [-0.2, -0.15) is 0 Å². The highest BCUT2D eigenvalue weighted by atomic mass is 16.3. The molecule has 10 rings (SSSR count). The van der Waals surface area contributed by atoms with Crippen LogP contribution in [0.4, 0.5) is 0 Å². The summed E-state index contributed by atoms with van der Waals surface area (Å²) in [5.74, 6) is 0.639. The first-order valence-corrected chi connectivity index (χ1v) is 19.9. The van der Waals surface area contributed by atoms with Crippen LogP contribution in [-0.4, -0.2) is 45.3 Å². The van der Waals surface area contributed by atoms with E-state index in [1.165, 1.54) is 0 Å². The van der Waals surface area contributed by atoms with Crippen molar-refractivity contribution in [3.05, 3.63) is 212 Å². The second-order valence-electron chi connectivity index (χ2n) is 15.1. The number of rotatable bonds is 0. The average molecular weight is 793 g/mol. The van der Waals surface area contributed by atoms with Gasteiger partial charge in [0.1, 0.15) is 23.0 Å². The lowest BCUT2D eigenvalue weighted by atomic mass is 9.96. The van der Waals surface area contributed by atoms with Gasteiger partial charge in [-0.05, 0) is 94.5 Å². The van der Waals surface area contributed by atoms with Crippen molar-refractivity contribution in [3.8, 4) is 23.0 Å². The number of phenolic OH excluding ortho intramolecular Hbond substituents is 4. The molecule has 0 atom stereocenters. The lowest BCUT2D eigenvalue weighted by Crippen LogP contribution is -1.98. The van der Waals surface area contributed by atoms with Gasteiger partial charge in [0.15, 0.2) is 0 Å². The zero-order valence-electron chi connectivity index (χ0n) is 33.5. The summed E-state index contributed by atoms with van der Waals surface area (Å²) in [7, 11) is 0. The maximum atomic E-state index is 11.1. The average Bonchev–Trinajstić information content (AvgIpc) is 3.24. The monoisotopic (exact) mass is 792 g/mol. The number of benzene rings is 6. The summed E-state index contributed by atoms with van der Waals surface area (Å²) in [6.07, 6.45) is 8.50. The standard InChI is InChI=1S/C52H48N4O4/c1-35-23-41-7-3-11-45(49(41)57)31-53-27-37-15-19-39(20-16-37)29-55-33-47-13-5-9-43(51(47)59)25-36(2)26-44-10-6-14-48(52(44)60)34-56-30-40-21-17-38(18-22-40)28-54-32-46-12-4-8-42(24-35)50(46)58/h3-22,31-34,57-60H,1-2,23-30H2. The lowest BCUT2D eigenvalue weighted by molar-refractivity contribution is 0.466. The Morgan fingerprint density at radius 1 is 0.317 bits per heavy atom. The molecule has 8 heteroatoms. The molecule has 4 aliphatic rings. The molecule has 4 aliphatic heterocycles. The highest BCUT2D eigenvalue weighted by Gasteiger charge is 2.13. The van der Waals surface area contributed by atoms with Crippen molar-refractivity contribution in [2.75, 3.05) is 0 Å². The largest absolute Gasteiger partial charge is 0.507 e. The summed E-state index contributed by atoms with van der Waals surface area (Å²) in [5.41, 5.74) is 11.2. The molecule has 6 aromatic rings. The van der Waals surface area contributed by atoms with Gasteiger partial charge in [0.2, 0.25) is 0 Å². The molecule has 4 heterocycles. The maximum absolute atomic E-state index is 11.1. The van der Waals surface area contributed by atoms with Crippen LogP contribution in [0, 0.1) is 0 Å². The Balaban J connectivity index is 1.11. The fraction of sp³-hybridized carbons (Fsp3) is 0.154. The molecular weight excluding hydrogens is 745 g/mol. The molecule has 0 spiro atoms. The summed E-state index contributed by atoms with van der Waals surface area (Å²) < 4.78 is 0. The molecule has 0 amide bonds. The molecule has 6 aromatic carbocycles. The third-order valence-electron chi connectivity index (χ3n) is 10.4. The number of hydrogen-bond acceptors (Lipinski definition) is 8. The first kappa shape index (κ1) is 40.9. The Bertz CT molecular complexity index is 2260. The molecule has 4 N–H and O–H groups in total. The third-order valence-corrected chi connectivity index (χ3v) is 10.4. The molecule has 0 aliphatic carbocycles. The van der Waals surface area contributed by atoms with Crippen molar-refractivity contribution >= 4 is 24.9 Å². The van der Waals surface area contributed by atoms with Crippen LogP contribution in [-0.2, 0) is 51.9 Å². The van der Waals surface area contributed by atoms with E-state index < -0.39 is 0 Å². The van der Waals surface area contributed by atoms with E-state index in [1.807, 2.05) is 121 Å². The molecule has 0 saturated heterocycles. The van der Waals surface area contributed by atoms with E-state index in [0.29, 0.717) is 74.1 Å². The normalized spacial score (nSPS) is 14.2. The van der Waals surface area contributed by atoms with Gasteiger partial charge in [-0.15, -0.1) is 0 Å². The molecule has 0 radical (unpaired) electrons.